The van der Waals surface area contributed by atoms with Crippen molar-refractivity contribution >= 4 is 16.6 Å². The third kappa shape index (κ3) is 4.37. The topological polar surface area (TPSA) is 40.2 Å². The van der Waals surface area contributed by atoms with Gasteiger partial charge < -0.3 is 13.7 Å². The van der Waals surface area contributed by atoms with Gasteiger partial charge in [0.1, 0.15) is 0 Å². The lowest BCUT2D eigenvalue weighted by Gasteiger charge is -2.48. The minimum Gasteiger partial charge on any atom is -0.410 e. The van der Waals surface area contributed by atoms with E-state index in [1.54, 1.807) is 5.23 Å². The number of fused-ring (bicyclic) bond motifs is 1. The second-order valence-corrected chi connectivity index (χ2v) is 17.5. The van der Waals surface area contributed by atoms with Gasteiger partial charge in [-0.2, -0.15) is 0 Å². The van der Waals surface area contributed by atoms with Crippen LogP contribution in [0.1, 0.15) is 13.8 Å². The fourth-order valence-electron chi connectivity index (χ4n) is 2.80. The fraction of sp³-hybridized carbons (Fsp3) is 1.00. The molecule has 2 fully saturated rings. The number of rotatable bonds is 4. The van der Waals surface area contributed by atoms with Gasteiger partial charge in [0.25, 0.3) is 0 Å². The second-order valence-electron chi connectivity index (χ2n) is 8.60. The maximum Gasteiger partial charge on any atom is 0.215 e. The molecule has 2 aliphatic heterocycles. The van der Waals surface area contributed by atoms with Crippen LogP contribution in [0.5, 0.6) is 0 Å². The minimum absolute atomic E-state index is 0.0261. The second kappa shape index (κ2) is 5.70. The fourth-order valence-corrected chi connectivity index (χ4v) is 4.69. The molecule has 0 radical (unpaired) electrons. The Balaban J connectivity index is 2.23. The van der Waals surface area contributed by atoms with Crippen molar-refractivity contribution < 1.29 is 18.5 Å². The first-order valence-electron chi connectivity index (χ1n) is 7.82. The van der Waals surface area contributed by atoms with Crippen LogP contribution in [-0.4, -0.2) is 52.8 Å². The molecule has 5 nitrogen and oxygen atoms in total. The summed E-state index contributed by atoms with van der Waals surface area (Å²) in [6, 6.07) is 0.118. The monoisotopic (exact) mass is 333 g/mol. The molecule has 0 bridgehead atoms. The van der Waals surface area contributed by atoms with Crippen molar-refractivity contribution in [2.45, 2.75) is 70.9 Å². The van der Waals surface area contributed by atoms with E-state index in [1.807, 2.05) is 0 Å². The SMILES string of the molecule is CC1(C)OC[C@H]2CON(O[Si](C)(C)C)[C@H]2[C@@H]1O[Si](C)(C)C. The molecule has 0 unspecified atom stereocenters. The summed E-state index contributed by atoms with van der Waals surface area (Å²) in [7, 11) is -3.41. The molecule has 0 aromatic heterocycles. The molecule has 0 N–H and O–H groups in total. The molecule has 2 heterocycles. The van der Waals surface area contributed by atoms with Gasteiger partial charge in [0.2, 0.25) is 8.32 Å². The zero-order valence-corrected chi connectivity index (χ0v) is 16.7. The predicted molar refractivity (Wildman–Crippen MR) is 87.8 cm³/mol. The van der Waals surface area contributed by atoms with Crippen LogP contribution in [0.25, 0.3) is 0 Å². The molecule has 3 atom stereocenters. The Morgan fingerprint density at radius 2 is 1.62 bits per heavy atom. The first-order valence-corrected chi connectivity index (χ1v) is 14.6. The lowest BCUT2D eigenvalue weighted by molar-refractivity contribution is -0.331. The van der Waals surface area contributed by atoms with Crippen molar-refractivity contribution in [3.8, 4) is 0 Å². The van der Waals surface area contributed by atoms with Crippen molar-refractivity contribution in [2.24, 2.45) is 5.92 Å². The van der Waals surface area contributed by atoms with Gasteiger partial charge >= 0.3 is 0 Å². The predicted octanol–water partition coefficient (Wildman–Crippen LogP) is 3.01. The van der Waals surface area contributed by atoms with Crippen LogP contribution in [-0.2, 0) is 18.5 Å². The molecule has 0 aromatic rings. The highest BCUT2D eigenvalue weighted by Gasteiger charge is 2.54. The van der Waals surface area contributed by atoms with Crippen molar-refractivity contribution in [2.75, 3.05) is 13.2 Å². The van der Waals surface area contributed by atoms with Crippen LogP contribution in [0.15, 0.2) is 0 Å². The molecule has 2 aliphatic rings. The Morgan fingerprint density at radius 1 is 1.00 bits per heavy atom. The average molecular weight is 334 g/mol. The highest BCUT2D eigenvalue weighted by atomic mass is 28.4. The van der Waals surface area contributed by atoms with Gasteiger partial charge in [-0.3, -0.25) is 4.84 Å². The molecule has 0 saturated carbocycles. The van der Waals surface area contributed by atoms with E-state index in [0.29, 0.717) is 19.1 Å². The summed E-state index contributed by atoms with van der Waals surface area (Å²) in [5, 5.41) is 1.74. The van der Waals surface area contributed by atoms with Gasteiger partial charge in [-0.05, 0) is 53.1 Å². The van der Waals surface area contributed by atoms with E-state index in [0.717, 1.165) is 0 Å². The summed E-state index contributed by atoms with van der Waals surface area (Å²) in [6.07, 6.45) is -0.0261. The standard InChI is InChI=1S/C14H31NO4Si2/c1-14(2)13(18-20(3,4)5)12-11(9-16-14)10-17-15(12)19-21(6,7)8/h11-13H,9-10H2,1-8H3/t11-,12+,13-/m0/s1. The van der Waals surface area contributed by atoms with Crippen molar-refractivity contribution in [3.05, 3.63) is 0 Å². The van der Waals surface area contributed by atoms with E-state index in [1.165, 1.54) is 0 Å². The summed E-state index contributed by atoms with van der Waals surface area (Å²) in [5.41, 5.74) is -0.323. The molecule has 7 heteroatoms. The normalized spacial score (nSPS) is 34.0. The molecule has 0 aliphatic carbocycles. The first kappa shape index (κ1) is 17.6. The van der Waals surface area contributed by atoms with E-state index in [4.69, 9.17) is 18.5 Å². The summed E-state index contributed by atoms with van der Waals surface area (Å²) >= 11 is 0. The zero-order valence-electron chi connectivity index (χ0n) is 14.7. The maximum absolute atomic E-state index is 6.48. The number of nitrogens with zero attached hydrogens (tertiary/aromatic N) is 1. The Hall–Kier alpha value is 0.234. The van der Waals surface area contributed by atoms with Crippen LogP contribution in [0.3, 0.4) is 0 Å². The van der Waals surface area contributed by atoms with E-state index in [-0.39, 0.29) is 17.7 Å². The van der Waals surface area contributed by atoms with Crippen LogP contribution < -0.4 is 0 Å². The Labute approximate surface area is 131 Å². The van der Waals surface area contributed by atoms with Crippen LogP contribution in [0.4, 0.5) is 0 Å². The molecule has 124 valence electrons. The van der Waals surface area contributed by atoms with Gasteiger partial charge in [0, 0.05) is 5.92 Å². The Morgan fingerprint density at radius 3 is 2.14 bits per heavy atom. The maximum atomic E-state index is 6.48. The highest BCUT2D eigenvalue weighted by molar-refractivity contribution is 6.70. The Bertz CT molecular complexity index is 378. The molecule has 2 rings (SSSR count). The number of hydrogen-bond donors (Lipinski definition) is 0. The van der Waals surface area contributed by atoms with Crippen molar-refractivity contribution in [1.82, 2.24) is 5.23 Å². The van der Waals surface area contributed by atoms with E-state index in [2.05, 4.69) is 53.1 Å². The molecule has 0 amide bonds. The zero-order chi connectivity index (χ0) is 16.1. The Kier molecular flexibility index (Phi) is 4.77. The van der Waals surface area contributed by atoms with E-state index >= 15 is 0 Å². The van der Waals surface area contributed by atoms with Crippen molar-refractivity contribution in [3.63, 3.8) is 0 Å². The summed E-state index contributed by atoms with van der Waals surface area (Å²) in [4.78, 5) is 5.82. The third-order valence-electron chi connectivity index (χ3n) is 3.65. The largest absolute Gasteiger partial charge is 0.410 e. The smallest absolute Gasteiger partial charge is 0.215 e. The lowest BCUT2D eigenvalue weighted by atomic mass is 9.85. The molecule has 2 saturated heterocycles. The number of hydroxylamine groups is 2. The lowest BCUT2D eigenvalue weighted by Crippen LogP contribution is -2.62. The first-order chi connectivity index (χ1) is 9.39. The summed E-state index contributed by atoms with van der Waals surface area (Å²) in [5.74, 6) is 0.315. The van der Waals surface area contributed by atoms with Gasteiger partial charge in [0.15, 0.2) is 8.32 Å². The van der Waals surface area contributed by atoms with Crippen LogP contribution in [0, 0.1) is 5.92 Å². The quantitative estimate of drug-likeness (QED) is 0.740. The molecule has 21 heavy (non-hydrogen) atoms. The van der Waals surface area contributed by atoms with Crippen LogP contribution in [0.2, 0.25) is 39.3 Å². The van der Waals surface area contributed by atoms with Gasteiger partial charge in [-0.1, -0.05) is 5.23 Å². The summed E-state index contributed by atoms with van der Waals surface area (Å²) < 4.78 is 18.7. The average Bonchev–Trinajstić information content (AvgIpc) is 2.62. The summed E-state index contributed by atoms with van der Waals surface area (Å²) in [6.45, 7) is 18.7. The minimum atomic E-state index is -1.72. The van der Waals surface area contributed by atoms with Crippen molar-refractivity contribution in [1.29, 1.82) is 0 Å². The molecule has 0 spiro atoms. The molecular formula is C14H31NO4Si2. The number of hydrogen-bond acceptors (Lipinski definition) is 5. The highest BCUT2D eigenvalue weighted by Crippen LogP contribution is 2.39. The van der Waals surface area contributed by atoms with E-state index < -0.39 is 16.6 Å². The third-order valence-corrected chi connectivity index (χ3v) is 5.34. The van der Waals surface area contributed by atoms with Gasteiger partial charge in [-0.15, -0.1) is 0 Å². The molecule has 0 aromatic carbocycles. The number of ether oxygens (including phenoxy) is 1. The van der Waals surface area contributed by atoms with E-state index in [9.17, 15) is 0 Å². The van der Waals surface area contributed by atoms with Gasteiger partial charge in [0.05, 0.1) is 31.0 Å². The molecular weight excluding hydrogens is 302 g/mol. The van der Waals surface area contributed by atoms with Gasteiger partial charge in [-0.25, -0.2) is 0 Å². The van der Waals surface area contributed by atoms with Crippen LogP contribution >= 0.6 is 0 Å².